The Kier molecular flexibility index (Phi) is 2.91. The van der Waals surface area contributed by atoms with E-state index >= 15 is 0 Å². The summed E-state index contributed by atoms with van der Waals surface area (Å²) >= 11 is 0. The van der Waals surface area contributed by atoms with Crippen LogP contribution in [-0.2, 0) is 0 Å². The van der Waals surface area contributed by atoms with Crippen LogP contribution in [-0.4, -0.2) is 15.3 Å². The topological polar surface area (TPSA) is 60.7 Å². The molecule has 94 valence electrons. The van der Waals surface area contributed by atoms with Crippen LogP contribution in [0.25, 0.3) is 11.1 Å². The summed E-state index contributed by atoms with van der Waals surface area (Å²) in [5.74, 6) is 0.0261. The highest BCUT2D eigenvalue weighted by Gasteiger charge is 2.12. The van der Waals surface area contributed by atoms with Gasteiger partial charge in [-0.1, -0.05) is 6.07 Å². The molecule has 18 heavy (non-hydrogen) atoms. The number of phenolic OH excluding ortho intramolecular Hbond substituents is 3. The Morgan fingerprint density at radius 1 is 0.778 bits per heavy atom. The second-order valence-corrected chi connectivity index (χ2v) is 4.54. The third kappa shape index (κ3) is 1.88. The molecule has 0 saturated carbocycles. The smallest absolute Gasteiger partial charge is 0.158 e. The number of hydrogen-bond donors (Lipinski definition) is 3. The highest BCUT2D eigenvalue weighted by molar-refractivity contribution is 5.73. The van der Waals surface area contributed by atoms with Crippen LogP contribution in [0.2, 0.25) is 0 Å². The number of benzene rings is 2. The van der Waals surface area contributed by atoms with E-state index in [2.05, 4.69) is 0 Å². The van der Waals surface area contributed by atoms with Gasteiger partial charge < -0.3 is 15.3 Å². The molecule has 2 rings (SSSR count). The van der Waals surface area contributed by atoms with Crippen molar-refractivity contribution in [1.29, 1.82) is 0 Å². The van der Waals surface area contributed by atoms with Gasteiger partial charge in [0.25, 0.3) is 0 Å². The zero-order valence-corrected chi connectivity index (χ0v) is 10.7. The van der Waals surface area contributed by atoms with Crippen LogP contribution < -0.4 is 0 Å². The van der Waals surface area contributed by atoms with Gasteiger partial charge in [-0.2, -0.15) is 0 Å². The van der Waals surface area contributed by atoms with Crippen molar-refractivity contribution in [3.63, 3.8) is 0 Å². The summed E-state index contributed by atoms with van der Waals surface area (Å²) < 4.78 is 0. The van der Waals surface area contributed by atoms with Crippen LogP contribution in [0.3, 0.4) is 0 Å². The molecular weight excluding hydrogens is 228 g/mol. The Hall–Kier alpha value is -2.16. The van der Waals surface area contributed by atoms with Crippen molar-refractivity contribution in [1.82, 2.24) is 0 Å². The van der Waals surface area contributed by atoms with Gasteiger partial charge in [-0.25, -0.2) is 0 Å². The lowest BCUT2D eigenvalue weighted by Gasteiger charge is -2.13. The minimum Gasteiger partial charge on any atom is -0.507 e. The van der Waals surface area contributed by atoms with Gasteiger partial charge in [0.05, 0.1) is 0 Å². The Balaban J connectivity index is 2.67. The first-order chi connectivity index (χ1) is 8.41. The number of aromatic hydroxyl groups is 3. The van der Waals surface area contributed by atoms with E-state index < -0.39 is 0 Å². The van der Waals surface area contributed by atoms with Crippen LogP contribution in [0.4, 0.5) is 0 Å². The maximum Gasteiger partial charge on any atom is 0.158 e. The van der Waals surface area contributed by atoms with Gasteiger partial charge in [0.2, 0.25) is 0 Å². The first kappa shape index (κ1) is 12.3. The Bertz CT molecular complexity index is 616. The zero-order valence-electron chi connectivity index (χ0n) is 10.7. The Labute approximate surface area is 106 Å². The molecule has 0 amide bonds. The SMILES string of the molecule is Cc1cc(-c2ccc(O)c(O)c2)c(C)c(C)c1O. The highest BCUT2D eigenvalue weighted by atomic mass is 16.3. The summed E-state index contributed by atoms with van der Waals surface area (Å²) in [6.45, 7) is 5.63. The number of aryl methyl sites for hydroxylation is 1. The fraction of sp³-hybridized carbons (Fsp3) is 0.200. The van der Waals surface area contributed by atoms with Crippen molar-refractivity contribution in [2.75, 3.05) is 0 Å². The Morgan fingerprint density at radius 3 is 2.06 bits per heavy atom. The lowest BCUT2D eigenvalue weighted by atomic mass is 9.93. The molecule has 3 heteroatoms. The van der Waals surface area contributed by atoms with E-state index in [4.69, 9.17) is 0 Å². The predicted octanol–water partition coefficient (Wildman–Crippen LogP) is 3.40. The molecular formula is C15H16O3. The summed E-state index contributed by atoms with van der Waals surface area (Å²) in [6.07, 6.45) is 0. The summed E-state index contributed by atoms with van der Waals surface area (Å²) in [5.41, 5.74) is 4.34. The molecule has 0 unspecified atom stereocenters. The largest absolute Gasteiger partial charge is 0.507 e. The van der Waals surface area contributed by atoms with Crippen LogP contribution in [0.1, 0.15) is 16.7 Å². The standard InChI is InChI=1S/C15H16O3/c1-8-6-12(9(2)10(3)15(8)18)11-4-5-13(16)14(17)7-11/h4-7,16-18H,1-3H3. The number of hydrogen-bond acceptors (Lipinski definition) is 3. The van der Waals surface area contributed by atoms with E-state index in [9.17, 15) is 15.3 Å². The molecule has 0 aliphatic carbocycles. The van der Waals surface area contributed by atoms with Gasteiger partial charge >= 0.3 is 0 Å². The number of phenols is 3. The van der Waals surface area contributed by atoms with E-state index in [0.29, 0.717) is 5.75 Å². The van der Waals surface area contributed by atoms with Crippen molar-refractivity contribution in [2.45, 2.75) is 20.8 Å². The second-order valence-electron chi connectivity index (χ2n) is 4.54. The molecule has 0 aliphatic rings. The van der Waals surface area contributed by atoms with E-state index in [0.717, 1.165) is 27.8 Å². The molecule has 0 heterocycles. The average molecular weight is 244 g/mol. The van der Waals surface area contributed by atoms with Crippen molar-refractivity contribution < 1.29 is 15.3 Å². The first-order valence-corrected chi connectivity index (χ1v) is 5.74. The molecule has 0 saturated heterocycles. The predicted molar refractivity (Wildman–Crippen MR) is 71.1 cm³/mol. The Morgan fingerprint density at radius 2 is 1.44 bits per heavy atom. The van der Waals surface area contributed by atoms with Gasteiger partial charge in [-0.15, -0.1) is 0 Å². The molecule has 2 aromatic rings. The molecule has 0 fully saturated rings. The van der Waals surface area contributed by atoms with Crippen LogP contribution >= 0.6 is 0 Å². The van der Waals surface area contributed by atoms with Crippen LogP contribution in [0.5, 0.6) is 17.2 Å². The maximum absolute atomic E-state index is 9.87. The fourth-order valence-corrected chi connectivity index (χ4v) is 2.06. The highest BCUT2D eigenvalue weighted by Crippen LogP contribution is 2.36. The van der Waals surface area contributed by atoms with Crippen molar-refractivity contribution in [3.8, 4) is 28.4 Å². The monoisotopic (exact) mass is 244 g/mol. The molecule has 0 aliphatic heterocycles. The quantitative estimate of drug-likeness (QED) is 0.674. The number of rotatable bonds is 1. The normalized spacial score (nSPS) is 10.6. The minimum atomic E-state index is -0.143. The summed E-state index contributed by atoms with van der Waals surface area (Å²) in [5, 5.41) is 28.7. The molecule has 0 spiro atoms. The minimum absolute atomic E-state index is 0.136. The van der Waals surface area contributed by atoms with E-state index in [1.54, 1.807) is 6.07 Å². The zero-order chi connectivity index (χ0) is 13.4. The molecule has 0 atom stereocenters. The summed E-state index contributed by atoms with van der Waals surface area (Å²) in [4.78, 5) is 0. The van der Waals surface area contributed by atoms with Gasteiger partial charge in [-0.3, -0.25) is 0 Å². The second kappa shape index (κ2) is 4.26. The van der Waals surface area contributed by atoms with Crippen molar-refractivity contribution in [2.24, 2.45) is 0 Å². The van der Waals surface area contributed by atoms with Gasteiger partial charge in [0.1, 0.15) is 5.75 Å². The molecule has 2 aromatic carbocycles. The van der Waals surface area contributed by atoms with E-state index in [1.165, 1.54) is 12.1 Å². The third-order valence-corrected chi connectivity index (χ3v) is 3.34. The van der Waals surface area contributed by atoms with Gasteiger partial charge in [0, 0.05) is 0 Å². The molecule has 0 bridgehead atoms. The van der Waals surface area contributed by atoms with E-state index in [1.807, 2.05) is 26.8 Å². The van der Waals surface area contributed by atoms with Crippen LogP contribution in [0, 0.1) is 20.8 Å². The van der Waals surface area contributed by atoms with Crippen molar-refractivity contribution >= 4 is 0 Å². The average Bonchev–Trinajstić information content (AvgIpc) is 2.35. The van der Waals surface area contributed by atoms with Crippen molar-refractivity contribution in [3.05, 3.63) is 41.0 Å². The third-order valence-electron chi connectivity index (χ3n) is 3.34. The molecule has 0 radical (unpaired) electrons. The molecule has 3 N–H and O–H groups in total. The van der Waals surface area contributed by atoms with E-state index in [-0.39, 0.29) is 11.5 Å². The van der Waals surface area contributed by atoms with Gasteiger partial charge in [0.15, 0.2) is 11.5 Å². The maximum atomic E-state index is 9.87. The first-order valence-electron chi connectivity index (χ1n) is 5.74. The van der Waals surface area contributed by atoms with Gasteiger partial charge in [-0.05, 0) is 66.8 Å². The summed E-state index contributed by atoms with van der Waals surface area (Å²) in [7, 11) is 0. The lowest BCUT2D eigenvalue weighted by molar-refractivity contribution is 0.404. The lowest BCUT2D eigenvalue weighted by Crippen LogP contribution is -1.91. The summed E-state index contributed by atoms with van der Waals surface area (Å²) in [6, 6.07) is 6.60. The molecule has 3 nitrogen and oxygen atoms in total. The fourth-order valence-electron chi connectivity index (χ4n) is 2.06. The molecule has 0 aromatic heterocycles. The van der Waals surface area contributed by atoms with Crippen LogP contribution in [0.15, 0.2) is 24.3 Å².